The normalized spacial score (nSPS) is 10.8. The lowest BCUT2D eigenvalue weighted by Gasteiger charge is -2.11. The number of benzene rings is 3. The highest BCUT2D eigenvalue weighted by atomic mass is 19.1. The maximum atomic E-state index is 12.9. The van der Waals surface area contributed by atoms with Gasteiger partial charge in [0.05, 0.1) is 25.1 Å². The summed E-state index contributed by atoms with van der Waals surface area (Å²) in [6.07, 6.45) is 0.449. The fraction of sp³-hybridized carbons (Fsp3) is 0.160. The second-order valence-electron chi connectivity index (χ2n) is 7.13. The van der Waals surface area contributed by atoms with Crippen molar-refractivity contribution in [3.05, 3.63) is 106 Å². The van der Waals surface area contributed by atoms with Crippen molar-refractivity contribution in [3.63, 3.8) is 0 Å². The van der Waals surface area contributed by atoms with Gasteiger partial charge in [0.1, 0.15) is 11.6 Å². The number of halogens is 1. The van der Waals surface area contributed by atoms with Crippen LogP contribution in [-0.2, 0) is 11.3 Å². The van der Waals surface area contributed by atoms with Crippen LogP contribution in [0.4, 0.5) is 4.39 Å². The molecular weight excluding hydrogens is 411 g/mol. The van der Waals surface area contributed by atoms with Crippen LogP contribution >= 0.6 is 0 Å². The Morgan fingerprint density at radius 3 is 2.31 bits per heavy atom. The molecule has 0 spiro atoms. The average molecular weight is 432 g/mol. The number of hydrogen-bond acceptors (Lipinski definition) is 5. The predicted molar refractivity (Wildman–Crippen MR) is 118 cm³/mol. The van der Waals surface area contributed by atoms with Crippen LogP contribution in [0.2, 0.25) is 0 Å². The first-order valence-corrected chi connectivity index (χ1v) is 10.2. The lowest BCUT2D eigenvalue weighted by Crippen LogP contribution is -2.27. The molecule has 162 valence electrons. The molecule has 0 saturated heterocycles. The average Bonchev–Trinajstić information content (AvgIpc) is 2.82. The number of carbonyl (C=O) groups is 1. The van der Waals surface area contributed by atoms with Gasteiger partial charge in [-0.25, -0.2) is 13.9 Å². The molecular formula is C25H21FN2O4. The van der Waals surface area contributed by atoms with E-state index in [1.54, 1.807) is 24.3 Å². The van der Waals surface area contributed by atoms with E-state index in [1.807, 2.05) is 30.3 Å². The minimum atomic E-state index is -0.607. The molecule has 0 aliphatic rings. The van der Waals surface area contributed by atoms with Crippen LogP contribution in [0.25, 0.3) is 10.8 Å². The van der Waals surface area contributed by atoms with Crippen LogP contribution in [-0.4, -0.2) is 29.0 Å². The molecule has 32 heavy (non-hydrogen) atoms. The number of esters is 1. The molecule has 1 aromatic heterocycles. The molecule has 0 atom stereocenters. The topological polar surface area (TPSA) is 70.4 Å². The third kappa shape index (κ3) is 5.00. The van der Waals surface area contributed by atoms with Crippen molar-refractivity contribution in [2.45, 2.75) is 13.0 Å². The molecule has 0 fully saturated rings. The molecule has 1 heterocycles. The monoisotopic (exact) mass is 432 g/mol. The summed E-state index contributed by atoms with van der Waals surface area (Å²) >= 11 is 0. The maximum Gasteiger partial charge on any atom is 0.359 e. The van der Waals surface area contributed by atoms with Crippen molar-refractivity contribution < 1.29 is 18.7 Å². The Hall–Kier alpha value is -4.00. The largest absolute Gasteiger partial charge is 0.493 e. The summed E-state index contributed by atoms with van der Waals surface area (Å²) < 4.78 is 25.1. The minimum absolute atomic E-state index is 0.0931. The molecule has 4 rings (SSSR count). The van der Waals surface area contributed by atoms with E-state index in [4.69, 9.17) is 9.47 Å². The molecule has 0 radical (unpaired) electrons. The first kappa shape index (κ1) is 21.2. The zero-order valence-corrected chi connectivity index (χ0v) is 17.2. The van der Waals surface area contributed by atoms with Crippen molar-refractivity contribution in [2.24, 2.45) is 0 Å². The van der Waals surface area contributed by atoms with Gasteiger partial charge < -0.3 is 9.47 Å². The van der Waals surface area contributed by atoms with E-state index in [1.165, 1.54) is 28.9 Å². The summed E-state index contributed by atoms with van der Waals surface area (Å²) in [6.45, 7) is 0.671. The Balaban J connectivity index is 1.46. The third-order valence-corrected chi connectivity index (χ3v) is 4.84. The Labute approximate surface area is 183 Å². The fourth-order valence-corrected chi connectivity index (χ4v) is 3.26. The van der Waals surface area contributed by atoms with Crippen LogP contribution in [0.1, 0.15) is 22.5 Å². The summed E-state index contributed by atoms with van der Waals surface area (Å²) in [5.74, 6) is -0.400. The maximum absolute atomic E-state index is 12.9. The first-order valence-electron chi connectivity index (χ1n) is 10.2. The van der Waals surface area contributed by atoms with Gasteiger partial charge in [-0.3, -0.25) is 4.79 Å². The molecule has 4 aromatic rings. The summed E-state index contributed by atoms with van der Waals surface area (Å²) in [4.78, 5) is 25.6. The van der Waals surface area contributed by atoms with E-state index in [0.29, 0.717) is 29.5 Å². The van der Waals surface area contributed by atoms with E-state index >= 15 is 0 Å². The third-order valence-electron chi connectivity index (χ3n) is 4.84. The van der Waals surface area contributed by atoms with Crippen LogP contribution < -0.4 is 10.3 Å². The van der Waals surface area contributed by atoms with Gasteiger partial charge in [0.15, 0.2) is 5.69 Å². The Morgan fingerprint density at radius 2 is 1.56 bits per heavy atom. The van der Waals surface area contributed by atoms with Crippen molar-refractivity contribution in [1.29, 1.82) is 0 Å². The number of nitrogens with zero attached hydrogens (tertiary/aromatic N) is 2. The van der Waals surface area contributed by atoms with Crippen molar-refractivity contribution in [3.8, 4) is 5.75 Å². The highest BCUT2D eigenvalue weighted by Crippen LogP contribution is 2.15. The van der Waals surface area contributed by atoms with Gasteiger partial charge in [-0.15, -0.1) is 0 Å². The summed E-state index contributed by atoms with van der Waals surface area (Å²) in [6, 6.07) is 22.0. The number of aromatic nitrogens is 2. The molecule has 0 amide bonds. The van der Waals surface area contributed by atoms with Gasteiger partial charge in [-0.1, -0.05) is 48.5 Å². The van der Waals surface area contributed by atoms with E-state index in [-0.39, 0.29) is 30.2 Å². The standard InChI is InChI=1S/C25H21FN2O4/c26-19-11-13-20(14-12-19)31-15-6-16-32-25(30)23-21-9-4-5-10-22(21)24(29)28(27-23)17-18-7-2-1-3-8-18/h1-5,7-14H,6,15-17H2. The van der Waals surface area contributed by atoms with E-state index in [0.717, 1.165) is 5.56 Å². The van der Waals surface area contributed by atoms with Crippen LogP contribution in [0.15, 0.2) is 83.7 Å². The lowest BCUT2D eigenvalue weighted by atomic mass is 10.1. The lowest BCUT2D eigenvalue weighted by molar-refractivity contribution is 0.0479. The van der Waals surface area contributed by atoms with Crippen LogP contribution in [0.5, 0.6) is 5.75 Å². The Bertz CT molecular complexity index is 1270. The summed E-state index contributed by atoms with van der Waals surface area (Å²) in [5.41, 5.74) is 0.721. The number of ether oxygens (including phenoxy) is 2. The van der Waals surface area contributed by atoms with Gasteiger partial charge in [0, 0.05) is 11.8 Å². The van der Waals surface area contributed by atoms with Gasteiger partial charge in [0.2, 0.25) is 0 Å². The SMILES string of the molecule is O=C(OCCCOc1ccc(F)cc1)c1nn(Cc2ccccc2)c(=O)c2ccccc12. The molecule has 0 aliphatic heterocycles. The molecule has 0 N–H and O–H groups in total. The van der Waals surface area contributed by atoms with E-state index in [9.17, 15) is 14.0 Å². The fourth-order valence-electron chi connectivity index (χ4n) is 3.26. The zero-order valence-electron chi connectivity index (χ0n) is 17.2. The van der Waals surface area contributed by atoms with E-state index < -0.39 is 5.97 Å². The number of rotatable bonds is 8. The smallest absolute Gasteiger partial charge is 0.359 e. The van der Waals surface area contributed by atoms with Crippen molar-refractivity contribution in [2.75, 3.05) is 13.2 Å². The van der Waals surface area contributed by atoms with Gasteiger partial charge >= 0.3 is 5.97 Å². The summed E-state index contributed by atoms with van der Waals surface area (Å²) in [7, 11) is 0. The Morgan fingerprint density at radius 1 is 0.875 bits per heavy atom. The number of fused-ring (bicyclic) bond motifs is 1. The highest BCUT2D eigenvalue weighted by molar-refractivity contribution is 6.02. The number of hydrogen-bond donors (Lipinski definition) is 0. The zero-order chi connectivity index (χ0) is 22.3. The first-order chi connectivity index (χ1) is 15.6. The molecule has 3 aromatic carbocycles. The molecule has 0 saturated carbocycles. The highest BCUT2D eigenvalue weighted by Gasteiger charge is 2.18. The molecule has 6 nitrogen and oxygen atoms in total. The number of carbonyl (C=O) groups excluding carboxylic acids is 1. The van der Waals surface area contributed by atoms with Crippen LogP contribution in [0.3, 0.4) is 0 Å². The molecule has 0 aliphatic carbocycles. The van der Waals surface area contributed by atoms with Crippen molar-refractivity contribution in [1.82, 2.24) is 9.78 Å². The minimum Gasteiger partial charge on any atom is -0.493 e. The van der Waals surface area contributed by atoms with Gasteiger partial charge in [0.25, 0.3) is 5.56 Å². The summed E-state index contributed by atoms with van der Waals surface area (Å²) in [5, 5.41) is 5.17. The second-order valence-corrected chi connectivity index (χ2v) is 7.13. The quantitative estimate of drug-likeness (QED) is 0.308. The van der Waals surface area contributed by atoms with Crippen LogP contribution in [0, 0.1) is 5.82 Å². The second kappa shape index (κ2) is 9.87. The van der Waals surface area contributed by atoms with E-state index in [2.05, 4.69) is 5.10 Å². The van der Waals surface area contributed by atoms with Crippen molar-refractivity contribution >= 4 is 16.7 Å². The molecule has 0 bridgehead atoms. The molecule has 0 unspecified atom stereocenters. The van der Waals surface area contributed by atoms with Gasteiger partial charge in [-0.2, -0.15) is 5.10 Å². The Kier molecular flexibility index (Phi) is 6.55. The molecule has 7 heteroatoms. The van der Waals surface area contributed by atoms with Gasteiger partial charge in [-0.05, 0) is 35.9 Å². The predicted octanol–water partition coefficient (Wildman–Crippen LogP) is 4.21.